The third kappa shape index (κ3) is 4.26. The number of nitriles is 1. The molecule has 0 amide bonds. The molecule has 2 aliphatic rings. The van der Waals surface area contributed by atoms with Gasteiger partial charge in [-0.05, 0) is 18.2 Å². The van der Waals surface area contributed by atoms with Gasteiger partial charge in [0.1, 0.15) is 11.9 Å². The normalized spacial score (nSPS) is 18.1. The first-order valence-corrected chi connectivity index (χ1v) is 9.67. The number of hydrogen-bond donors (Lipinski definition) is 1. The first-order valence-electron chi connectivity index (χ1n) is 9.67. The lowest BCUT2D eigenvalue weighted by molar-refractivity contribution is -0.239. The molecule has 0 unspecified atom stereocenters. The van der Waals surface area contributed by atoms with Gasteiger partial charge in [0.15, 0.2) is 23.7 Å². The minimum atomic E-state index is -1.50. The molecule has 0 atom stereocenters. The fourth-order valence-corrected chi connectivity index (χ4v) is 3.55. The minimum absolute atomic E-state index is 0.00466. The molecule has 3 heterocycles. The van der Waals surface area contributed by atoms with Crippen molar-refractivity contribution >= 4 is 5.82 Å². The van der Waals surface area contributed by atoms with Crippen LogP contribution in [0.1, 0.15) is 17.5 Å². The van der Waals surface area contributed by atoms with Crippen LogP contribution in [0, 0.1) is 34.2 Å². The molecule has 0 radical (unpaired) electrons. The van der Waals surface area contributed by atoms with E-state index >= 15 is 0 Å². The number of hydrogen-bond acceptors (Lipinski definition) is 6. The highest BCUT2D eigenvalue weighted by Crippen LogP contribution is 2.30. The van der Waals surface area contributed by atoms with Gasteiger partial charge in [0.25, 0.3) is 0 Å². The zero-order chi connectivity index (χ0) is 21.1. The number of rotatable bonds is 6. The van der Waals surface area contributed by atoms with E-state index in [-0.39, 0.29) is 17.5 Å². The maximum absolute atomic E-state index is 14.2. The topological polar surface area (TPSA) is 70.4 Å². The highest BCUT2D eigenvalue weighted by molar-refractivity contribution is 5.43. The predicted molar refractivity (Wildman–Crippen MR) is 102 cm³/mol. The van der Waals surface area contributed by atoms with Gasteiger partial charge in [0.2, 0.25) is 0 Å². The Morgan fingerprint density at radius 1 is 1.13 bits per heavy atom. The number of aromatic nitrogens is 1. The molecule has 1 N–H and O–H groups in total. The molecular formula is C21H21F3N4O2. The van der Waals surface area contributed by atoms with Crippen molar-refractivity contribution in [1.82, 2.24) is 10.3 Å². The van der Waals surface area contributed by atoms with Crippen molar-refractivity contribution < 1.29 is 22.6 Å². The molecule has 1 aromatic carbocycles. The molecule has 158 valence electrons. The number of nitrogens with zero attached hydrogens (tertiary/aromatic N) is 3. The zero-order valence-electron chi connectivity index (χ0n) is 16.2. The summed E-state index contributed by atoms with van der Waals surface area (Å²) in [6.45, 7) is 3.32. The maximum Gasteiger partial charge on any atom is 0.194 e. The number of anilines is 1. The average molecular weight is 418 g/mol. The SMILES string of the molecule is N#Cc1ccc(N(CCC2OCC3(CNC3)CO2)Cc2ccc(F)c(F)c2F)nc1. The van der Waals surface area contributed by atoms with E-state index in [1.165, 1.54) is 12.3 Å². The largest absolute Gasteiger partial charge is 0.352 e. The first kappa shape index (κ1) is 20.6. The number of halogens is 3. The molecule has 30 heavy (non-hydrogen) atoms. The van der Waals surface area contributed by atoms with E-state index in [4.69, 9.17) is 14.7 Å². The minimum Gasteiger partial charge on any atom is -0.352 e. The lowest BCUT2D eigenvalue weighted by Crippen LogP contribution is -2.61. The van der Waals surface area contributed by atoms with Crippen LogP contribution >= 0.6 is 0 Å². The Morgan fingerprint density at radius 3 is 2.50 bits per heavy atom. The van der Waals surface area contributed by atoms with Crippen molar-refractivity contribution in [1.29, 1.82) is 5.26 Å². The van der Waals surface area contributed by atoms with Crippen molar-refractivity contribution in [3.8, 4) is 6.07 Å². The molecule has 0 saturated carbocycles. The summed E-state index contributed by atoms with van der Waals surface area (Å²) in [5.74, 6) is -3.48. The molecular weight excluding hydrogens is 397 g/mol. The van der Waals surface area contributed by atoms with Gasteiger partial charge in [-0.3, -0.25) is 0 Å². The highest BCUT2D eigenvalue weighted by Gasteiger charge is 2.42. The maximum atomic E-state index is 14.2. The molecule has 9 heteroatoms. The smallest absolute Gasteiger partial charge is 0.194 e. The number of nitrogens with one attached hydrogen (secondary N) is 1. The van der Waals surface area contributed by atoms with E-state index in [2.05, 4.69) is 10.3 Å². The van der Waals surface area contributed by atoms with E-state index in [0.29, 0.717) is 37.6 Å². The second-order valence-corrected chi connectivity index (χ2v) is 7.72. The van der Waals surface area contributed by atoms with Crippen molar-refractivity contribution in [3.63, 3.8) is 0 Å². The van der Waals surface area contributed by atoms with Gasteiger partial charge in [-0.15, -0.1) is 0 Å². The summed E-state index contributed by atoms with van der Waals surface area (Å²) in [5, 5.41) is 12.2. The van der Waals surface area contributed by atoms with Gasteiger partial charge in [0.05, 0.1) is 18.8 Å². The Kier molecular flexibility index (Phi) is 5.90. The van der Waals surface area contributed by atoms with E-state index in [0.717, 1.165) is 19.2 Å². The number of pyridine rings is 1. The van der Waals surface area contributed by atoms with Gasteiger partial charge < -0.3 is 19.7 Å². The second kappa shape index (κ2) is 8.60. The van der Waals surface area contributed by atoms with Crippen LogP contribution in [0.25, 0.3) is 0 Å². The van der Waals surface area contributed by atoms with Crippen LogP contribution in [0.5, 0.6) is 0 Å². The third-order valence-corrected chi connectivity index (χ3v) is 5.46. The summed E-state index contributed by atoms with van der Waals surface area (Å²) in [5.41, 5.74) is 0.445. The number of ether oxygens (including phenoxy) is 2. The van der Waals surface area contributed by atoms with Crippen LogP contribution in [-0.2, 0) is 16.0 Å². The van der Waals surface area contributed by atoms with E-state index in [9.17, 15) is 13.2 Å². The summed E-state index contributed by atoms with van der Waals surface area (Å²) in [6.07, 6.45) is 1.48. The van der Waals surface area contributed by atoms with E-state index in [1.54, 1.807) is 17.0 Å². The molecule has 6 nitrogen and oxygen atoms in total. The van der Waals surface area contributed by atoms with Crippen molar-refractivity contribution in [2.45, 2.75) is 19.3 Å². The zero-order valence-corrected chi connectivity index (χ0v) is 16.2. The lowest BCUT2D eigenvalue weighted by Gasteiger charge is -2.46. The Labute approximate surface area is 172 Å². The molecule has 2 aliphatic heterocycles. The van der Waals surface area contributed by atoms with Gasteiger partial charge in [-0.2, -0.15) is 5.26 Å². The summed E-state index contributed by atoms with van der Waals surface area (Å²) >= 11 is 0. The van der Waals surface area contributed by atoms with Gasteiger partial charge in [-0.1, -0.05) is 6.07 Å². The quantitative estimate of drug-likeness (QED) is 0.728. The molecule has 2 aromatic rings. The Balaban J connectivity index is 1.47. The van der Waals surface area contributed by atoms with Crippen molar-refractivity contribution in [3.05, 3.63) is 59.0 Å². The van der Waals surface area contributed by atoms with Crippen LogP contribution in [0.3, 0.4) is 0 Å². The monoisotopic (exact) mass is 418 g/mol. The van der Waals surface area contributed by atoms with Crippen LogP contribution in [0.15, 0.2) is 30.5 Å². The fraction of sp³-hybridized carbons (Fsp3) is 0.429. The molecule has 0 aliphatic carbocycles. The van der Waals surface area contributed by atoms with Gasteiger partial charge in [0, 0.05) is 49.8 Å². The average Bonchev–Trinajstić information content (AvgIpc) is 2.76. The predicted octanol–water partition coefficient (Wildman–Crippen LogP) is 2.73. The first-order chi connectivity index (χ1) is 14.5. The van der Waals surface area contributed by atoms with E-state index in [1.807, 2.05) is 6.07 Å². The highest BCUT2D eigenvalue weighted by atomic mass is 19.2. The molecule has 2 saturated heterocycles. The molecule has 0 bridgehead atoms. The molecule has 1 spiro atoms. The van der Waals surface area contributed by atoms with Crippen LogP contribution in [0.4, 0.5) is 19.0 Å². The third-order valence-electron chi connectivity index (χ3n) is 5.46. The lowest BCUT2D eigenvalue weighted by atomic mass is 9.83. The van der Waals surface area contributed by atoms with Gasteiger partial charge >= 0.3 is 0 Å². The van der Waals surface area contributed by atoms with Crippen molar-refractivity contribution in [2.24, 2.45) is 5.41 Å². The summed E-state index contributed by atoms with van der Waals surface area (Å²) in [7, 11) is 0. The summed E-state index contributed by atoms with van der Waals surface area (Å²) in [6, 6.07) is 7.33. The Morgan fingerprint density at radius 2 is 1.90 bits per heavy atom. The molecule has 4 rings (SSSR count). The van der Waals surface area contributed by atoms with Gasteiger partial charge in [-0.25, -0.2) is 18.2 Å². The Bertz CT molecular complexity index is 935. The fourth-order valence-electron chi connectivity index (χ4n) is 3.55. The molecule has 2 fully saturated rings. The van der Waals surface area contributed by atoms with E-state index < -0.39 is 23.7 Å². The molecule has 1 aromatic heterocycles. The Hall–Kier alpha value is -2.67. The van der Waals surface area contributed by atoms with Crippen LogP contribution < -0.4 is 10.2 Å². The second-order valence-electron chi connectivity index (χ2n) is 7.72. The standard InChI is InChI=1S/C21H21F3N4O2/c22-16-3-2-15(19(23)20(16)24)9-28(17-4-1-14(7-25)8-27-17)6-5-18-29-12-21(13-30-18)10-26-11-21/h1-4,8,18,26H,5-6,9-13H2. The summed E-state index contributed by atoms with van der Waals surface area (Å²) < 4.78 is 52.8. The number of benzene rings is 1. The van der Waals surface area contributed by atoms with Crippen LogP contribution in [0.2, 0.25) is 0 Å². The van der Waals surface area contributed by atoms with Crippen LogP contribution in [-0.4, -0.2) is 44.1 Å². The van der Waals surface area contributed by atoms with Crippen molar-refractivity contribution in [2.75, 3.05) is 37.7 Å². The summed E-state index contributed by atoms with van der Waals surface area (Å²) in [4.78, 5) is 5.97.